The first-order valence-corrected chi connectivity index (χ1v) is 7.38. The highest BCUT2D eigenvalue weighted by molar-refractivity contribution is 7.15. The molecule has 2 aromatic heterocycles. The molecule has 0 aliphatic carbocycles. The molecule has 2 heterocycles. The van der Waals surface area contributed by atoms with Crippen LogP contribution in [0.3, 0.4) is 0 Å². The van der Waals surface area contributed by atoms with Crippen LogP contribution in [0.15, 0.2) is 4.42 Å². The Kier molecular flexibility index (Phi) is 4.66. The maximum absolute atomic E-state index is 5.69. The van der Waals surface area contributed by atoms with Crippen molar-refractivity contribution in [2.75, 3.05) is 6.54 Å². The molecule has 2 aromatic rings. The van der Waals surface area contributed by atoms with Gasteiger partial charge in [0.2, 0.25) is 5.89 Å². The van der Waals surface area contributed by atoms with E-state index in [-0.39, 0.29) is 0 Å². The smallest absolute Gasteiger partial charge is 0.259 e. The van der Waals surface area contributed by atoms with E-state index in [1.807, 2.05) is 13.8 Å². The molecular formula is C13H20N4OS. The highest BCUT2D eigenvalue weighted by Gasteiger charge is 2.14. The molecular weight excluding hydrogens is 260 g/mol. The minimum absolute atomic E-state index is 0.515. The van der Waals surface area contributed by atoms with Crippen molar-refractivity contribution < 1.29 is 4.42 Å². The molecule has 0 bridgehead atoms. The maximum atomic E-state index is 5.69. The van der Waals surface area contributed by atoms with Gasteiger partial charge >= 0.3 is 0 Å². The molecule has 0 radical (unpaired) electrons. The van der Waals surface area contributed by atoms with Gasteiger partial charge in [0, 0.05) is 12.5 Å². The average Bonchev–Trinajstić information content (AvgIpc) is 2.91. The van der Waals surface area contributed by atoms with Crippen LogP contribution in [0.25, 0.3) is 10.8 Å². The monoisotopic (exact) mass is 280 g/mol. The number of nitrogens with one attached hydrogen (secondary N) is 1. The minimum Gasteiger partial charge on any atom is -0.420 e. The highest BCUT2D eigenvalue weighted by atomic mass is 32.1. The molecule has 0 amide bonds. The van der Waals surface area contributed by atoms with Gasteiger partial charge in [-0.3, -0.25) is 0 Å². The fourth-order valence-corrected chi connectivity index (χ4v) is 2.65. The average molecular weight is 280 g/mol. The highest BCUT2D eigenvalue weighted by Crippen LogP contribution is 2.28. The van der Waals surface area contributed by atoms with Crippen molar-refractivity contribution in [1.82, 2.24) is 20.5 Å². The lowest BCUT2D eigenvalue weighted by atomic mass is 10.3. The van der Waals surface area contributed by atoms with E-state index in [0.717, 1.165) is 35.0 Å². The van der Waals surface area contributed by atoms with Crippen molar-refractivity contribution in [1.29, 1.82) is 0 Å². The zero-order valence-electron chi connectivity index (χ0n) is 11.9. The second kappa shape index (κ2) is 6.25. The van der Waals surface area contributed by atoms with Crippen molar-refractivity contribution >= 4 is 11.3 Å². The van der Waals surface area contributed by atoms with E-state index in [2.05, 4.69) is 34.3 Å². The Labute approximate surface area is 117 Å². The summed E-state index contributed by atoms with van der Waals surface area (Å²) in [5, 5.41) is 12.6. The minimum atomic E-state index is 0.515. The van der Waals surface area contributed by atoms with E-state index >= 15 is 0 Å². The summed E-state index contributed by atoms with van der Waals surface area (Å²) in [6.45, 7) is 9.19. The van der Waals surface area contributed by atoms with Crippen LogP contribution in [0.1, 0.15) is 36.9 Å². The summed E-state index contributed by atoms with van der Waals surface area (Å²) in [5.41, 5.74) is 0.958. The Bertz CT molecular complexity index is 532. The van der Waals surface area contributed by atoms with Crippen molar-refractivity contribution in [3.8, 4) is 10.8 Å². The van der Waals surface area contributed by atoms with E-state index in [0.29, 0.717) is 17.8 Å². The Balaban J connectivity index is 1.94. The van der Waals surface area contributed by atoms with E-state index in [4.69, 9.17) is 4.42 Å². The van der Waals surface area contributed by atoms with E-state index in [1.165, 1.54) is 0 Å². The summed E-state index contributed by atoms with van der Waals surface area (Å²) in [5.74, 6) is 1.29. The summed E-state index contributed by atoms with van der Waals surface area (Å²) >= 11 is 1.59. The van der Waals surface area contributed by atoms with Gasteiger partial charge in [0.25, 0.3) is 5.89 Å². The lowest BCUT2D eigenvalue weighted by Gasteiger charge is -2.05. The van der Waals surface area contributed by atoms with Gasteiger partial charge in [-0.2, -0.15) is 0 Å². The molecule has 1 N–H and O–H groups in total. The van der Waals surface area contributed by atoms with Gasteiger partial charge in [0.1, 0.15) is 4.88 Å². The lowest BCUT2D eigenvalue weighted by molar-refractivity contribution is 0.484. The molecule has 104 valence electrons. The SMILES string of the molecule is Cc1nc(C)c(-c2nnc(CCCNC(C)C)o2)s1. The van der Waals surface area contributed by atoms with Gasteiger partial charge < -0.3 is 9.73 Å². The van der Waals surface area contributed by atoms with Crippen molar-refractivity contribution in [2.45, 2.75) is 46.6 Å². The zero-order chi connectivity index (χ0) is 13.8. The predicted octanol–water partition coefficient (Wildman–Crippen LogP) is 2.74. The maximum Gasteiger partial charge on any atom is 0.259 e. The van der Waals surface area contributed by atoms with E-state index in [9.17, 15) is 0 Å². The number of nitrogens with zero attached hydrogens (tertiary/aromatic N) is 3. The fraction of sp³-hybridized carbons (Fsp3) is 0.615. The van der Waals surface area contributed by atoms with Crippen molar-refractivity contribution in [3.63, 3.8) is 0 Å². The molecule has 6 heteroatoms. The van der Waals surface area contributed by atoms with Crippen molar-refractivity contribution in [3.05, 3.63) is 16.6 Å². The molecule has 0 spiro atoms. The van der Waals surface area contributed by atoms with Gasteiger partial charge in [0.15, 0.2) is 0 Å². The fourth-order valence-electron chi connectivity index (χ4n) is 1.81. The van der Waals surface area contributed by atoms with Gasteiger partial charge in [-0.05, 0) is 26.8 Å². The van der Waals surface area contributed by atoms with Gasteiger partial charge in [-0.15, -0.1) is 21.5 Å². The number of aryl methyl sites for hydroxylation is 3. The Morgan fingerprint density at radius 3 is 2.68 bits per heavy atom. The standard InChI is InChI=1S/C13H20N4OS/c1-8(2)14-7-5-6-11-16-17-13(18-11)12-9(3)15-10(4)19-12/h8,14H,5-7H2,1-4H3. The number of rotatable bonds is 6. The first-order valence-electron chi connectivity index (χ1n) is 6.56. The zero-order valence-corrected chi connectivity index (χ0v) is 12.7. The second-order valence-electron chi connectivity index (χ2n) is 4.86. The first kappa shape index (κ1) is 14.1. The van der Waals surface area contributed by atoms with Crippen LogP contribution < -0.4 is 5.32 Å². The third-order valence-corrected chi connectivity index (χ3v) is 3.75. The molecule has 0 atom stereocenters. The van der Waals surface area contributed by atoms with Crippen LogP contribution in [-0.2, 0) is 6.42 Å². The van der Waals surface area contributed by atoms with E-state index < -0.39 is 0 Å². The largest absolute Gasteiger partial charge is 0.420 e. The topological polar surface area (TPSA) is 63.8 Å². The van der Waals surface area contributed by atoms with Crippen molar-refractivity contribution in [2.24, 2.45) is 0 Å². The molecule has 0 saturated heterocycles. The lowest BCUT2D eigenvalue weighted by Crippen LogP contribution is -2.23. The molecule has 0 aliphatic heterocycles. The van der Waals surface area contributed by atoms with Crippen LogP contribution >= 0.6 is 11.3 Å². The van der Waals surface area contributed by atoms with Crippen LogP contribution in [-0.4, -0.2) is 27.8 Å². The molecule has 19 heavy (non-hydrogen) atoms. The Morgan fingerprint density at radius 2 is 2.05 bits per heavy atom. The predicted molar refractivity (Wildman–Crippen MR) is 76.3 cm³/mol. The summed E-state index contributed by atoms with van der Waals surface area (Å²) in [4.78, 5) is 5.36. The Hall–Kier alpha value is -1.27. The van der Waals surface area contributed by atoms with Gasteiger partial charge in [-0.1, -0.05) is 13.8 Å². The molecule has 0 unspecified atom stereocenters. The number of thiazole rings is 1. The number of hydrogen-bond acceptors (Lipinski definition) is 6. The summed E-state index contributed by atoms with van der Waals surface area (Å²) in [7, 11) is 0. The molecule has 0 saturated carbocycles. The normalized spacial score (nSPS) is 11.4. The third kappa shape index (κ3) is 3.84. The number of aromatic nitrogens is 3. The molecule has 0 fully saturated rings. The van der Waals surface area contributed by atoms with Crippen LogP contribution in [0.2, 0.25) is 0 Å². The van der Waals surface area contributed by atoms with Crippen LogP contribution in [0.4, 0.5) is 0 Å². The number of hydrogen-bond donors (Lipinski definition) is 1. The first-order chi connectivity index (χ1) is 9.06. The quantitative estimate of drug-likeness (QED) is 0.824. The Morgan fingerprint density at radius 1 is 1.26 bits per heavy atom. The van der Waals surface area contributed by atoms with Gasteiger partial charge in [0.05, 0.1) is 10.7 Å². The molecule has 5 nitrogen and oxygen atoms in total. The molecule has 2 rings (SSSR count). The summed E-state index contributed by atoms with van der Waals surface area (Å²) in [6.07, 6.45) is 1.81. The third-order valence-electron chi connectivity index (χ3n) is 2.68. The summed E-state index contributed by atoms with van der Waals surface area (Å²) < 4.78 is 5.69. The van der Waals surface area contributed by atoms with Crippen LogP contribution in [0, 0.1) is 13.8 Å². The van der Waals surface area contributed by atoms with E-state index in [1.54, 1.807) is 11.3 Å². The summed E-state index contributed by atoms with van der Waals surface area (Å²) in [6, 6.07) is 0.515. The molecule has 0 aromatic carbocycles. The second-order valence-corrected chi connectivity index (χ2v) is 6.06. The molecule has 0 aliphatic rings. The van der Waals surface area contributed by atoms with Crippen LogP contribution in [0.5, 0.6) is 0 Å². The van der Waals surface area contributed by atoms with Gasteiger partial charge in [-0.25, -0.2) is 4.98 Å².